The first-order valence-corrected chi connectivity index (χ1v) is 8.26. The molecule has 2 atom stereocenters. The average Bonchev–Trinajstić information content (AvgIpc) is 3.23. The minimum atomic E-state index is -0.468. The molecule has 126 valence electrons. The Morgan fingerprint density at radius 1 is 1.26 bits per heavy atom. The molecule has 2 aliphatic heterocycles. The van der Waals surface area contributed by atoms with Crippen molar-refractivity contribution < 1.29 is 14.6 Å². The van der Waals surface area contributed by atoms with Gasteiger partial charge in [0.15, 0.2) is 11.5 Å². The van der Waals surface area contributed by atoms with E-state index in [1.165, 1.54) is 7.11 Å². The molecule has 0 radical (unpaired) electrons. The van der Waals surface area contributed by atoms with E-state index in [0.717, 1.165) is 51.1 Å². The van der Waals surface area contributed by atoms with E-state index in [9.17, 15) is 9.90 Å². The summed E-state index contributed by atoms with van der Waals surface area (Å²) in [4.78, 5) is 16.1. The van der Waals surface area contributed by atoms with Crippen LogP contribution in [-0.4, -0.2) is 71.6 Å². The van der Waals surface area contributed by atoms with Crippen LogP contribution < -0.4 is 4.90 Å². The van der Waals surface area contributed by atoms with Crippen LogP contribution >= 0.6 is 0 Å². The van der Waals surface area contributed by atoms with Crippen LogP contribution in [0.15, 0.2) is 12.1 Å². The van der Waals surface area contributed by atoms with Crippen molar-refractivity contribution in [3.8, 4) is 0 Å². The number of aromatic nitrogens is 2. The number of ether oxygens (including phenoxy) is 1. The summed E-state index contributed by atoms with van der Waals surface area (Å²) in [7, 11) is 1.34. The Balaban J connectivity index is 1.67. The van der Waals surface area contributed by atoms with Crippen LogP contribution in [0.5, 0.6) is 0 Å². The Kier molecular flexibility index (Phi) is 5.07. The van der Waals surface area contributed by atoms with Gasteiger partial charge in [-0.1, -0.05) is 0 Å². The fourth-order valence-corrected chi connectivity index (χ4v) is 3.63. The molecule has 2 fully saturated rings. The van der Waals surface area contributed by atoms with Gasteiger partial charge in [-0.3, -0.25) is 4.90 Å². The number of carbonyl (C=O) groups is 1. The number of methoxy groups -OCH3 is 1. The first kappa shape index (κ1) is 16.1. The summed E-state index contributed by atoms with van der Waals surface area (Å²) in [5, 5.41) is 17.7. The first-order valence-electron chi connectivity index (χ1n) is 8.26. The lowest BCUT2D eigenvalue weighted by molar-refractivity contribution is 0.0592. The Morgan fingerprint density at radius 2 is 2.04 bits per heavy atom. The highest BCUT2D eigenvalue weighted by Gasteiger charge is 2.32. The van der Waals surface area contributed by atoms with Crippen LogP contribution in [0.25, 0.3) is 0 Å². The predicted molar refractivity (Wildman–Crippen MR) is 85.4 cm³/mol. The van der Waals surface area contributed by atoms with Crippen molar-refractivity contribution in [2.45, 2.75) is 37.8 Å². The maximum Gasteiger partial charge on any atom is 0.358 e. The third kappa shape index (κ3) is 3.45. The van der Waals surface area contributed by atoms with Gasteiger partial charge < -0.3 is 14.7 Å². The van der Waals surface area contributed by atoms with Gasteiger partial charge in [-0.05, 0) is 44.4 Å². The molecule has 7 nitrogen and oxygen atoms in total. The van der Waals surface area contributed by atoms with E-state index in [2.05, 4.69) is 24.7 Å². The molecule has 3 heterocycles. The molecule has 0 aromatic carbocycles. The lowest BCUT2D eigenvalue weighted by Crippen LogP contribution is -2.43. The van der Waals surface area contributed by atoms with Gasteiger partial charge in [-0.25, -0.2) is 4.79 Å². The van der Waals surface area contributed by atoms with Crippen LogP contribution in [0.3, 0.4) is 0 Å². The predicted octanol–water partition coefficient (Wildman–Crippen LogP) is 0.689. The molecule has 2 aliphatic rings. The van der Waals surface area contributed by atoms with Gasteiger partial charge in [0.05, 0.1) is 13.7 Å². The van der Waals surface area contributed by atoms with E-state index >= 15 is 0 Å². The molecule has 7 heteroatoms. The van der Waals surface area contributed by atoms with Gasteiger partial charge in [0.1, 0.15) is 0 Å². The normalized spacial score (nSPS) is 25.0. The van der Waals surface area contributed by atoms with Crippen LogP contribution in [0.1, 0.15) is 36.2 Å². The number of esters is 1. The van der Waals surface area contributed by atoms with Crippen LogP contribution in [0.4, 0.5) is 5.82 Å². The second-order valence-corrected chi connectivity index (χ2v) is 6.23. The van der Waals surface area contributed by atoms with Crippen molar-refractivity contribution in [2.75, 3.05) is 38.3 Å². The molecule has 0 bridgehead atoms. The van der Waals surface area contributed by atoms with Gasteiger partial charge in [0, 0.05) is 25.2 Å². The topological polar surface area (TPSA) is 78.8 Å². The number of rotatable bonds is 5. The number of hydrogen-bond donors (Lipinski definition) is 1. The Hall–Kier alpha value is -1.73. The van der Waals surface area contributed by atoms with E-state index in [1.54, 1.807) is 6.07 Å². The SMILES string of the molecule is COC(=O)c1ccc(N2CCCC2CN2CCCC2CO)nn1. The van der Waals surface area contributed by atoms with Crippen molar-refractivity contribution in [1.82, 2.24) is 15.1 Å². The number of carbonyl (C=O) groups excluding carboxylic acids is 1. The molecule has 3 rings (SSSR count). The minimum absolute atomic E-state index is 0.229. The van der Waals surface area contributed by atoms with Crippen molar-refractivity contribution in [1.29, 1.82) is 0 Å². The number of aliphatic hydroxyl groups is 1. The number of likely N-dealkylation sites (tertiary alicyclic amines) is 1. The van der Waals surface area contributed by atoms with Gasteiger partial charge in [-0.2, -0.15) is 0 Å². The zero-order valence-electron chi connectivity index (χ0n) is 13.5. The van der Waals surface area contributed by atoms with Gasteiger partial charge in [-0.15, -0.1) is 10.2 Å². The Morgan fingerprint density at radius 3 is 2.74 bits per heavy atom. The molecule has 0 amide bonds. The Labute approximate surface area is 136 Å². The maximum absolute atomic E-state index is 11.4. The fourth-order valence-electron chi connectivity index (χ4n) is 3.63. The van der Waals surface area contributed by atoms with Crippen molar-refractivity contribution >= 4 is 11.8 Å². The second kappa shape index (κ2) is 7.23. The average molecular weight is 320 g/mol. The summed E-state index contributed by atoms with van der Waals surface area (Å²) >= 11 is 0. The largest absolute Gasteiger partial charge is 0.464 e. The molecule has 1 aromatic heterocycles. The summed E-state index contributed by atoms with van der Waals surface area (Å²) in [5.74, 6) is 0.338. The molecule has 23 heavy (non-hydrogen) atoms. The van der Waals surface area contributed by atoms with Gasteiger partial charge in [0.25, 0.3) is 0 Å². The van der Waals surface area contributed by atoms with Crippen LogP contribution in [0, 0.1) is 0 Å². The van der Waals surface area contributed by atoms with Crippen LogP contribution in [-0.2, 0) is 4.74 Å². The lowest BCUT2D eigenvalue weighted by Gasteiger charge is -2.31. The van der Waals surface area contributed by atoms with Gasteiger partial charge >= 0.3 is 5.97 Å². The molecule has 2 unspecified atom stereocenters. The molecular formula is C16H24N4O3. The van der Waals surface area contributed by atoms with E-state index in [1.807, 2.05) is 6.07 Å². The fraction of sp³-hybridized carbons (Fsp3) is 0.688. The second-order valence-electron chi connectivity index (χ2n) is 6.23. The molecule has 0 aliphatic carbocycles. The molecule has 1 N–H and O–H groups in total. The molecule has 2 saturated heterocycles. The number of anilines is 1. The quantitative estimate of drug-likeness (QED) is 0.800. The van der Waals surface area contributed by atoms with E-state index in [-0.39, 0.29) is 12.3 Å². The van der Waals surface area contributed by atoms with Crippen molar-refractivity contribution in [3.05, 3.63) is 17.8 Å². The van der Waals surface area contributed by atoms with Crippen molar-refractivity contribution in [2.24, 2.45) is 0 Å². The highest BCUT2D eigenvalue weighted by Crippen LogP contribution is 2.26. The zero-order chi connectivity index (χ0) is 16.2. The molecule has 0 spiro atoms. The van der Waals surface area contributed by atoms with Crippen LogP contribution in [0.2, 0.25) is 0 Å². The third-order valence-electron chi connectivity index (χ3n) is 4.87. The minimum Gasteiger partial charge on any atom is -0.464 e. The lowest BCUT2D eigenvalue weighted by atomic mass is 10.2. The monoisotopic (exact) mass is 320 g/mol. The summed E-state index contributed by atoms with van der Waals surface area (Å²) in [6.07, 6.45) is 4.49. The summed E-state index contributed by atoms with van der Waals surface area (Å²) in [6.45, 7) is 3.20. The zero-order valence-corrected chi connectivity index (χ0v) is 13.5. The van der Waals surface area contributed by atoms with E-state index in [4.69, 9.17) is 0 Å². The van der Waals surface area contributed by atoms with E-state index in [0.29, 0.717) is 12.1 Å². The Bertz CT molecular complexity index is 537. The summed E-state index contributed by atoms with van der Waals surface area (Å²) in [6, 6.07) is 4.19. The summed E-state index contributed by atoms with van der Waals surface area (Å²) in [5.41, 5.74) is 0.229. The molecular weight excluding hydrogens is 296 g/mol. The molecule has 1 aromatic rings. The standard InChI is InChI=1S/C16H24N4O3/c1-23-16(22)14-6-7-15(18-17-14)20-9-3-4-12(20)10-19-8-2-5-13(19)11-21/h6-7,12-13,21H,2-5,8-11H2,1H3. The first-order chi connectivity index (χ1) is 11.2. The number of nitrogens with zero attached hydrogens (tertiary/aromatic N) is 4. The van der Waals surface area contributed by atoms with E-state index < -0.39 is 5.97 Å². The maximum atomic E-state index is 11.4. The number of hydrogen-bond acceptors (Lipinski definition) is 7. The highest BCUT2D eigenvalue weighted by atomic mass is 16.5. The number of aliphatic hydroxyl groups excluding tert-OH is 1. The summed E-state index contributed by atoms with van der Waals surface area (Å²) < 4.78 is 4.65. The molecule has 0 saturated carbocycles. The van der Waals surface area contributed by atoms with Crippen molar-refractivity contribution in [3.63, 3.8) is 0 Å². The smallest absolute Gasteiger partial charge is 0.358 e. The van der Waals surface area contributed by atoms with Gasteiger partial charge in [0.2, 0.25) is 0 Å². The third-order valence-corrected chi connectivity index (χ3v) is 4.87. The highest BCUT2D eigenvalue weighted by molar-refractivity contribution is 5.86.